The molecule has 18 heavy (non-hydrogen) atoms. The fraction of sp³-hybridized carbons (Fsp3) is 0.417. The molecule has 0 heterocycles. The maximum atomic E-state index is 11.2. The molecule has 0 atom stereocenters. The number of nitro groups is 1. The molecule has 0 saturated heterocycles. The highest BCUT2D eigenvalue weighted by molar-refractivity contribution is 5.84. The van der Waals surface area contributed by atoms with Gasteiger partial charge in [0.15, 0.2) is 0 Å². The number of nitro benzene ring substituents is 1. The summed E-state index contributed by atoms with van der Waals surface area (Å²) in [4.78, 5) is 21.6. The van der Waals surface area contributed by atoms with E-state index in [9.17, 15) is 20.0 Å². The molecule has 0 aromatic heterocycles. The molecule has 1 aliphatic rings. The average Bonchev–Trinajstić information content (AvgIpc) is 2.24. The number of carbonyl (C=O) groups is 1. The van der Waals surface area contributed by atoms with Gasteiger partial charge in [0, 0.05) is 17.3 Å². The van der Waals surface area contributed by atoms with E-state index < -0.39 is 16.4 Å². The third kappa shape index (κ3) is 2.01. The van der Waals surface area contributed by atoms with Gasteiger partial charge in [-0.05, 0) is 32.3 Å². The number of hydrogen-bond acceptors (Lipinski definition) is 4. The molecule has 2 N–H and O–H groups in total. The molecule has 2 rings (SSSR count). The van der Waals surface area contributed by atoms with Crippen LogP contribution in [-0.2, 0) is 4.79 Å². The van der Waals surface area contributed by atoms with Crippen LogP contribution in [-0.4, -0.2) is 21.5 Å². The molecule has 1 saturated carbocycles. The number of hydrogen-bond donors (Lipinski definition) is 2. The highest BCUT2D eigenvalue weighted by atomic mass is 16.6. The molecule has 0 unspecified atom stereocenters. The summed E-state index contributed by atoms with van der Waals surface area (Å²) in [5.74, 6) is -0.906. The summed E-state index contributed by atoms with van der Waals surface area (Å²) in [6.07, 6.45) is 1.95. The van der Waals surface area contributed by atoms with Crippen LogP contribution in [0.1, 0.15) is 24.8 Å². The molecule has 0 radical (unpaired) electrons. The zero-order chi connectivity index (χ0) is 13.3. The van der Waals surface area contributed by atoms with Gasteiger partial charge in [-0.25, -0.2) is 4.79 Å². The quantitative estimate of drug-likeness (QED) is 0.632. The predicted octanol–water partition coefficient (Wildman–Crippen LogP) is 2.32. The third-order valence-electron chi connectivity index (χ3n) is 3.41. The lowest BCUT2D eigenvalue weighted by Gasteiger charge is -2.39. The number of nitrogens with one attached hydrogen (secondary N) is 1. The minimum Gasteiger partial charge on any atom is -0.480 e. The average molecular weight is 250 g/mol. The lowest BCUT2D eigenvalue weighted by atomic mass is 9.76. The fourth-order valence-corrected chi connectivity index (χ4v) is 2.08. The first-order valence-electron chi connectivity index (χ1n) is 5.71. The van der Waals surface area contributed by atoms with E-state index >= 15 is 0 Å². The molecular weight excluding hydrogens is 236 g/mol. The maximum Gasteiger partial charge on any atom is 0.329 e. The van der Waals surface area contributed by atoms with E-state index in [0.29, 0.717) is 24.1 Å². The Morgan fingerprint density at radius 3 is 2.61 bits per heavy atom. The van der Waals surface area contributed by atoms with Crippen LogP contribution in [0.15, 0.2) is 18.2 Å². The topological polar surface area (TPSA) is 92.5 Å². The van der Waals surface area contributed by atoms with Crippen molar-refractivity contribution in [3.05, 3.63) is 33.9 Å². The minimum atomic E-state index is -0.955. The molecule has 0 bridgehead atoms. The monoisotopic (exact) mass is 250 g/mol. The molecule has 0 spiro atoms. The van der Waals surface area contributed by atoms with Crippen LogP contribution >= 0.6 is 0 Å². The zero-order valence-electron chi connectivity index (χ0n) is 9.97. The van der Waals surface area contributed by atoms with Crippen molar-refractivity contribution in [2.24, 2.45) is 0 Å². The number of nitrogens with zero attached hydrogens (tertiary/aromatic N) is 1. The molecule has 96 valence electrons. The molecule has 6 nitrogen and oxygen atoms in total. The molecular formula is C12H14N2O4. The normalized spacial score (nSPS) is 16.7. The first kappa shape index (κ1) is 12.3. The van der Waals surface area contributed by atoms with Crippen LogP contribution in [0.5, 0.6) is 0 Å². The SMILES string of the molecule is Cc1ccc(NC2(C(=O)O)CCC2)cc1[N+](=O)[O-]. The van der Waals surface area contributed by atoms with E-state index in [0.717, 1.165) is 6.42 Å². The van der Waals surface area contributed by atoms with Gasteiger partial charge in [0.05, 0.1) is 4.92 Å². The van der Waals surface area contributed by atoms with Gasteiger partial charge in [0.2, 0.25) is 0 Å². The number of aryl methyl sites for hydroxylation is 1. The number of anilines is 1. The van der Waals surface area contributed by atoms with Crippen molar-refractivity contribution in [2.75, 3.05) is 5.32 Å². The lowest BCUT2D eigenvalue weighted by Crippen LogP contribution is -2.52. The zero-order valence-corrected chi connectivity index (χ0v) is 9.97. The Hall–Kier alpha value is -2.11. The molecule has 6 heteroatoms. The minimum absolute atomic E-state index is 0.000128. The summed E-state index contributed by atoms with van der Waals surface area (Å²) >= 11 is 0. The van der Waals surface area contributed by atoms with Crippen LogP contribution in [0.2, 0.25) is 0 Å². The Bertz CT molecular complexity index is 509. The van der Waals surface area contributed by atoms with E-state index in [1.807, 2.05) is 0 Å². The number of carboxylic acids is 1. The molecule has 1 aromatic carbocycles. The highest BCUT2D eigenvalue weighted by Crippen LogP contribution is 2.36. The predicted molar refractivity (Wildman–Crippen MR) is 65.7 cm³/mol. The fourth-order valence-electron chi connectivity index (χ4n) is 2.08. The van der Waals surface area contributed by atoms with Crippen molar-refractivity contribution in [3.8, 4) is 0 Å². The van der Waals surface area contributed by atoms with Gasteiger partial charge in [-0.3, -0.25) is 10.1 Å². The molecule has 1 aliphatic carbocycles. The van der Waals surface area contributed by atoms with Gasteiger partial charge in [-0.15, -0.1) is 0 Å². The van der Waals surface area contributed by atoms with Gasteiger partial charge in [-0.1, -0.05) is 6.07 Å². The van der Waals surface area contributed by atoms with Crippen molar-refractivity contribution < 1.29 is 14.8 Å². The summed E-state index contributed by atoms with van der Waals surface area (Å²) in [5.41, 5.74) is 0.0844. The molecule has 1 aromatic rings. The van der Waals surface area contributed by atoms with Crippen molar-refractivity contribution in [3.63, 3.8) is 0 Å². The second kappa shape index (κ2) is 4.29. The summed E-state index contributed by atoms with van der Waals surface area (Å²) in [6.45, 7) is 1.65. The first-order chi connectivity index (χ1) is 8.44. The van der Waals surface area contributed by atoms with Crippen LogP contribution in [0.4, 0.5) is 11.4 Å². The van der Waals surface area contributed by atoms with Gasteiger partial charge < -0.3 is 10.4 Å². The van der Waals surface area contributed by atoms with E-state index in [4.69, 9.17) is 0 Å². The van der Waals surface area contributed by atoms with Crippen molar-refractivity contribution >= 4 is 17.3 Å². The number of rotatable bonds is 4. The smallest absolute Gasteiger partial charge is 0.329 e. The van der Waals surface area contributed by atoms with Crippen LogP contribution in [0.3, 0.4) is 0 Å². The molecule has 1 fully saturated rings. The first-order valence-corrected chi connectivity index (χ1v) is 5.71. The van der Waals surface area contributed by atoms with E-state index in [2.05, 4.69) is 5.32 Å². The van der Waals surface area contributed by atoms with Crippen molar-refractivity contribution in [1.82, 2.24) is 0 Å². The summed E-state index contributed by atoms with van der Waals surface area (Å²) in [6, 6.07) is 4.68. The maximum absolute atomic E-state index is 11.2. The van der Waals surface area contributed by atoms with E-state index in [-0.39, 0.29) is 5.69 Å². The van der Waals surface area contributed by atoms with Crippen molar-refractivity contribution in [2.45, 2.75) is 31.7 Å². The van der Waals surface area contributed by atoms with Crippen LogP contribution in [0.25, 0.3) is 0 Å². The van der Waals surface area contributed by atoms with Gasteiger partial charge in [-0.2, -0.15) is 0 Å². The number of aliphatic carboxylic acids is 1. The number of benzene rings is 1. The van der Waals surface area contributed by atoms with Gasteiger partial charge in [0.1, 0.15) is 5.54 Å². The second-order valence-electron chi connectivity index (χ2n) is 4.62. The van der Waals surface area contributed by atoms with Crippen LogP contribution < -0.4 is 5.32 Å². The Morgan fingerprint density at radius 2 is 2.17 bits per heavy atom. The molecule has 0 amide bonds. The Labute approximate surface area is 104 Å². The Morgan fingerprint density at radius 1 is 1.50 bits per heavy atom. The Balaban J connectivity index is 2.27. The van der Waals surface area contributed by atoms with Crippen molar-refractivity contribution in [1.29, 1.82) is 0 Å². The highest BCUT2D eigenvalue weighted by Gasteiger charge is 2.44. The lowest BCUT2D eigenvalue weighted by molar-refractivity contribution is -0.385. The Kier molecular flexibility index (Phi) is 2.94. The number of carboxylic acid groups (broad SMARTS) is 1. The summed E-state index contributed by atoms with van der Waals surface area (Å²) < 4.78 is 0. The summed E-state index contributed by atoms with van der Waals surface area (Å²) in [5, 5.41) is 22.9. The van der Waals surface area contributed by atoms with E-state index in [1.54, 1.807) is 19.1 Å². The van der Waals surface area contributed by atoms with Gasteiger partial charge >= 0.3 is 5.97 Å². The van der Waals surface area contributed by atoms with Crippen LogP contribution in [0, 0.1) is 17.0 Å². The molecule has 0 aliphatic heterocycles. The van der Waals surface area contributed by atoms with Gasteiger partial charge in [0.25, 0.3) is 5.69 Å². The third-order valence-corrected chi connectivity index (χ3v) is 3.41. The van der Waals surface area contributed by atoms with E-state index in [1.165, 1.54) is 6.07 Å². The largest absolute Gasteiger partial charge is 0.480 e. The standard InChI is InChI=1S/C12H14N2O4/c1-8-3-4-9(7-10(8)14(17)18)13-12(11(15)16)5-2-6-12/h3-4,7,13H,2,5-6H2,1H3,(H,15,16). The summed E-state index contributed by atoms with van der Waals surface area (Å²) in [7, 11) is 0. The second-order valence-corrected chi connectivity index (χ2v) is 4.62.